The molecule has 1 N–H and O–H groups in total. The van der Waals surface area contributed by atoms with Gasteiger partial charge in [-0.2, -0.15) is 0 Å². The molecule has 6 heteroatoms. The van der Waals surface area contributed by atoms with Gasteiger partial charge in [-0.05, 0) is 42.2 Å². The van der Waals surface area contributed by atoms with Crippen LogP contribution in [-0.2, 0) is 9.53 Å². The Morgan fingerprint density at radius 3 is 2.40 bits per heavy atom. The number of carbonyl (C=O) groups excluding carboxylic acids is 2. The second-order valence-corrected chi connectivity index (χ2v) is 5.68. The molecule has 0 aliphatic carbocycles. The summed E-state index contributed by atoms with van der Waals surface area (Å²) in [4.78, 5) is 23.5. The van der Waals surface area contributed by atoms with Gasteiger partial charge in [0.1, 0.15) is 11.6 Å². The third kappa shape index (κ3) is 5.11. The standard InChI is InChI=1S/C19H19F2NO3/c1-3-12(2)13-4-7-15(8-5-13)22-18(23)11-25-19(24)16-9-6-14(20)10-17(16)21/h4-10,12H,3,11H2,1-2H3,(H,22,23)/t12-/m1/s1. The normalized spacial score (nSPS) is 11.7. The van der Waals surface area contributed by atoms with E-state index in [0.29, 0.717) is 17.7 Å². The molecular formula is C19H19F2NO3. The first kappa shape index (κ1) is 18.6. The van der Waals surface area contributed by atoms with Crippen LogP contribution in [-0.4, -0.2) is 18.5 Å². The molecule has 0 aromatic heterocycles. The largest absolute Gasteiger partial charge is 0.452 e. The van der Waals surface area contributed by atoms with Crippen molar-refractivity contribution in [1.82, 2.24) is 0 Å². The number of hydrogen-bond donors (Lipinski definition) is 1. The zero-order valence-corrected chi connectivity index (χ0v) is 14.0. The molecule has 0 saturated heterocycles. The van der Waals surface area contributed by atoms with Crippen LogP contribution in [0.1, 0.15) is 42.1 Å². The van der Waals surface area contributed by atoms with Gasteiger partial charge < -0.3 is 10.1 Å². The Morgan fingerprint density at radius 1 is 1.12 bits per heavy atom. The van der Waals surface area contributed by atoms with Crippen LogP contribution in [0.2, 0.25) is 0 Å². The lowest BCUT2D eigenvalue weighted by Gasteiger charge is -2.11. The summed E-state index contributed by atoms with van der Waals surface area (Å²) < 4.78 is 31.0. The highest BCUT2D eigenvalue weighted by molar-refractivity contribution is 5.95. The molecule has 0 bridgehead atoms. The Bertz CT molecular complexity index is 760. The lowest BCUT2D eigenvalue weighted by atomic mass is 9.99. The van der Waals surface area contributed by atoms with E-state index < -0.39 is 35.7 Å². The highest BCUT2D eigenvalue weighted by Gasteiger charge is 2.15. The highest BCUT2D eigenvalue weighted by atomic mass is 19.1. The summed E-state index contributed by atoms with van der Waals surface area (Å²) in [5.74, 6) is -2.98. The summed E-state index contributed by atoms with van der Waals surface area (Å²) >= 11 is 0. The van der Waals surface area contributed by atoms with Crippen LogP contribution in [0.15, 0.2) is 42.5 Å². The molecule has 1 atom stereocenters. The van der Waals surface area contributed by atoms with Crippen molar-refractivity contribution in [3.8, 4) is 0 Å². The first-order valence-electron chi connectivity index (χ1n) is 7.92. The van der Waals surface area contributed by atoms with E-state index in [1.807, 2.05) is 12.1 Å². The Kier molecular flexibility index (Phi) is 6.22. The minimum atomic E-state index is -1.04. The Balaban J connectivity index is 1.89. The Labute approximate surface area is 144 Å². The SMILES string of the molecule is CC[C@@H](C)c1ccc(NC(=O)COC(=O)c2ccc(F)cc2F)cc1. The Morgan fingerprint density at radius 2 is 1.80 bits per heavy atom. The summed E-state index contributed by atoms with van der Waals surface area (Å²) in [6.07, 6.45) is 1.02. The lowest BCUT2D eigenvalue weighted by Crippen LogP contribution is -2.21. The molecule has 1 amide bonds. The third-order valence-corrected chi connectivity index (χ3v) is 3.86. The number of hydrogen-bond acceptors (Lipinski definition) is 3. The number of anilines is 1. The summed E-state index contributed by atoms with van der Waals surface area (Å²) in [5, 5.41) is 2.59. The quantitative estimate of drug-likeness (QED) is 0.794. The number of amides is 1. The van der Waals surface area contributed by atoms with E-state index in [4.69, 9.17) is 4.74 Å². The van der Waals surface area contributed by atoms with Gasteiger partial charge in [-0.15, -0.1) is 0 Å². The topological polar surface area (TPSA) is 55.4 Å². The molecule has 4 nitrogen and oxygen atoms in total. The maximum absolute atomic E-state index is 13.5. The fourth-order valence-corrected chi connectivity index (χ4v) is 2.19. The lowest BCUT2D eigenvalue weighted by molar-refractivity contribution is -0.119. The molecule has 132 valence electrons. The summed E-state index contributed by atoms with van der Waals surface area (Å²) in [5.41, 5.74) is 1.31. The highest BCUT2D eigenvalue weighted by Crippen LogP contribution is 2.20. The molecule has 0 fully saturated rings. The second-order valence-electron chi connectivity index (χ2n) is 5.68. The fraction of sp³-hybridized carbons (Fsp3) is 0.263. The van der Waals surface area contributed by atoms with Gasteiger partial charge in [0.2, 0.25) is 0 Å². The molecule has 2 aromatic rings. The van der Waals surface area contributed by atoms with Gasteiger partial charge in [0.15, 0.2) is 6.61 Å². The van der Waals surface area contributed by atoms with Crippen molar-refractivity contribution in [2.24, 2.45) is 0 Å². The maximum atomic E-state index is 13.5. The summed E-state index contributed by atoms with van der Waals surface area (Å²) in [7, 11) is 0. The third-order valence-electron chi connectivity index (χ3n) is 3.86. The second kappa shape index (κ2) is 8.37. The molecule has 0 heterocycles. The number of ether oxygens (including phenoxy) is 1. The zero-order chi connectivity index (χ0) is 18.4. The van der Waals surface area contributed by atoms with Crippen molar-refractivity contribution in [1.29, 1.82) is 0 Å². The van der Waals surface area contributed by atoms with Crippen LogP contribution >= 0.6 is 0 Å². The smallest absolute Gasteiger partial charge is 0.341 e. The minimum absolute atomic E-state index is 0.424. The first-order chi connectivity index (χ1) is 11.9. The van der Waals surface area contributed by atoms with E-state index in [0.717, 1.165) is 18.6 Å². The van der Waals surface area contributed by atoms with Crippen molar-refractivity contribution in [3.63, 3.8) is 0 Å². The van der Waals surface area contributed by atoms with Crippen molar-refractivity contribution < 1.29 is 23.1 Å². The van der Waals surface area contributed by atoms with E-state index in [-0.39, 0.29) is 0 Å². The Hall–Kier alpha value is -2.76. The monoisotopic (exact) mass is 347 g/mol. The molecule has 2 rings (SSSR count). The molecule has 0 spiro atoms. The van der Waals surface area contributed by atoms with Crippen LogP contribution in [0.3, 0.4) is 0 Å². The van der Waals surface area contributed by atoms with Crippen LogP contribution in [0.5, 0.6) is 0 Å². The summed E-state index contributed by atoms with van der Waals surface area (Å²) in [6.45, 7) is 3.64. The minimum Gasteiger partial charge on any atom is -0.452 e. The van der Waals surface area contributed by atoms with Gasteiger partial charge in [0.05, 0.1) is 5.56 Å². The van der Waals surface area contributed by atoms with Crippen molar-refractivity contribution in [3.05, 3.63) is 65.2 Å². The molecule has 25 heavy (non-hydrogen) atoms. The number of benzene rings is 2. The molecule has 0 unspecified atom stereocenters. The maximum Gasteiger partial charge on any atom is 0.341 e. The fourth-order valence-electron chi connectivity index (χ4n) is 2.19. The van der Waals surface area contributed by atoms with Gasteiger partial charge >= 0.3 is 5.97 Å². The molecule has 0 aliphatic heterocycles. The van der Waals surface area contributed by atoms with Gasteiger partial charge in [0.25, 0.3) is 5.91 Å². The van der Waals surface area contributed by atoms with Crippen molar-refractivity contribution in [2.75, 3.05) is 11.9 Å². The van der Waals surface area contributed by atoms with Crippen molar-refractivity contribution >= 4 is 17.6 Å². The van der Waals surface area contributed by atoms with E-state index in [2.05, 4.69) is 19.2 Å². The first-order valence-corrected chi connectivity index (χ1v) is 7.92. The predicted octanol–water partition coefficient (Wildman–Crippen LogP) is 4.27. The van der Waals surface area contributed by atoms with Gasteiger partial charge in [-0.25, -0.2) is 13.6 Å². The van der Waals surface area contributed by atoms with Gasteiger partial charge in [0, 0.05) is 11.8 Å². The van der Waals surface area contributed by atoms with Gasteiger partial charge in [-0.1, -0.05) is 26.0 Å². The molecule has 0 saturated carbocycles. The zero-order valence-electron chi connectivity index (χ0n) is 14.0. The molecule has 0 radical (unpaired) electrons. The van der Waals surface area contributed by atoms with Crippen LogP contribution < -0.4 is 5.32 Å². The average Bonchev–Trinajstić information content (AvgIpc) is 2.59. The van der Waals surface area contributed by atoms with Crippen LogP contribution in [0.4, 0.5) is 14.5 Å². The van der Waals surface area contributed by atoms with Crippen LogP contribution in [0, 0.1) is 11.6 Å². The number of halogens is 2. The van der Waals surface area contributed by atoms with Crippen LogP contribution in [0.25, 0.3) is 0 Å². The molecule has 0 aliphatic rings. The van der Waals surface area contributed by atoms with E-state index in [9.17, 15) is 18.4 Å². The number of carbonyl (C=O) groups is 2. The average molecular weight is 347 g/mol. The molecular weight excluding hydrogens is 328 g/mol. The van der Waals surface area contributed by atoms with E-state index in [1.54, 1.807) is 12.1 Å². The van der Waals surface area contributed by atoms with E-state index >= 15 is 0 Å². The van der Waals surface area contributed by atoms with Crippen molar-refractivity contribution in [2.45, 2.75) is 26.2 Å². The number of nitrogens with one attached hydrogen (secondary N) is 1. The van der Waals surface area contributed by atoms with Gasteiger partial charge in [-0.3, -0.25) is 4.79 Å². The number of esters is 1. The number of rotatable bonds is 6. The van der Waals surface area contributed by atoms with E-state index in [1.165, 1.54) is 5.56 Å². The predicted molar refractivity (Wildman–Crippen MR) is 90.4 cm³/mol. The summed E-state index contributed by atoms with van der Waals surface area (Å²) in [6, 6.07) is 9.86. The molecule has 2 aromatic carbocycles.